The van der Waals surface area contributed by atoms with Crippen molar-refractivity contribution in [2.24, 2.45) is 5.41 Å². The summed E-state index contributed by atoms with van der Waals surface area (Å²) in [5.41, 5.74) is 0.818. The quantitative estimate of drug-likeness (QED) is 0.504. The third kappa shape index (κ3) is 0.910. The fraction of sp³-hybridized carbons (Fsp3) is 1.00. The van der Waals surface area contributed by atoms with Crippen molar-refractivity contribution < 1.29 is 0 Å². The van der Waals surface area contributed by atoms with Crippen LogP contribution in [0.4, 0.5) is 0 Å². The van der Waals surface area contributed by atoms with Crippen LogP contribution >= 0.6 is 8.58 Å². The Morgan fingerprint density at radius 3 is 1.75 bits per heavy atom. The normalized spacial score (nSPS) is 24.8. The van der Waals surface area contributed by atoms with Crippen molar-refractivity contribution in [3.8, 4) is 0 Å². The second-order valence-corrected chi connectivity index (χ2v) is 4.02. The third-order valence-electron chi connectivity index (χ3n) is 2.50. The summed E-state index contributed by atoms with van der Waals surface area (Å²) in [6, 6.07) is 0. The monoisotopic (exact) mass is 130 g/mol. The summed E-state index contributed by atoms with van der Waals surface area (Å²) in [5.74, 6) is 0. The van der Waals surface area contributed by atoms with Gasteiger partial charge in [0.25, 0.3) is 0 Å². The Bertz CT molecular complexity index is 60.9. The zero-order chi connectivity index (χ0) is 6.04. The van der Waals surface area contributed by atoms with Crippen LogP contribution in [0.2, 0.25) is 0 Å². The van der Waals surface area contributed by atoms with Gasteiger partial charge in [-0.05, 0) is 30.6 Å². The lowest BCUT2D eigenvalue weighted by atomic mass is 9.86. The van der Waals surface area contributed by atoms with Crippen molar-refractivity contribution in [1.29, 1.82) is 0 Å². The van der Waals surface area contributed by atoms with Crippen LogP contribution in [-0.4, -0.2) is 12.3 Å². The first kappa shape index (κ1) is 6.55. The lowest BCUT2D eigenvalue weighted by Crippen LogP contribution is -2.32. The molecule has 0 bridgehead atoms. The molecule has 1 aliphatic heterocycles. The highest BCUT2D eigenvalue weighted by atomic mass is 31.1. The Morgan fingerprint density at radius 2 is 1.75 bits per heavy atom. The Hall–Kier alpha value is 0.430. The molecule has 0 radical (unpaired) electrons. The van der Waals surface area contributed by atoms with Gasteiger partial charge >= 0.3 is 0 Å². The van der Waals surface area contributed by atoms with E-state index in [1.54, 1.807) is 0 Å². The molecule has 0 aromatic heterocycles. The fourth-order valence-electron chi connectivity index (χ4n) is 1.23. The maximum atomic E-state index is 2.33. The van der Waals surface area contributed by atoms with Crippen LogP contribution in [0, 0.1) is 5.41 Å². The van der Waals surface area contributed by atoms with Crippen molar-refractivity contribution in [2.75, 3.05) is 12.3 Å². The van der Waals surface area contributed by atoms with Gasteiger partial charge in [0.1, 0.15) is 0 Å². The molecule has 1 saturated heterocycles. The maximum Gasteiger partial charge on any atom is -0.0229 e. The molecule has 8 heavy (non-hydrogen) atoms. The molecular weight excluding hydrogens is 115 g/mol. The molecule has 0 nitrogen and oxygen atoms in total. The van der Waals surface area contributed by atoms with Crippen LogP contribution < -0.4 is 0 Å². The molecule has 48 valence electrons. The lowest BCUT2D eigenvalue weighted by molar-refractivity contribution is 0.328. The molecule has 1 heterocycles. The van der Waals surface area contributed by atoms with E-state index in [1.165, 1.54) is 33.7 Å². The Balaban J connectivity index is 2.33. The highest BCUT2D eigenvalue weighted by molar-refractivity contribution is 7.40. The van der Waals surface area contributed by atoms with Gasteiger partial charge in [-0.25, -0.2) is 0 Å². The van der Waals surface area contributed by atoms with Crippen LogP contribution in [0.25, 0.3) is 0 Å². The van der Waals surface area contributed by atoms with E-state index in [-0.39, 0.29) is 0 Å². The minimum atomic E-state index is 0.818. The summed E-state index contributed by atoms with van der Waals surface area (Å²) >= 11 is 0. The first-order valence-electron chi connectivity index (χ1n) is 3.54. The molecule has 1 heteroatoms. The Labute approximate surface area is 53.8 Å². The minimum absolute atomic E-state index is 0.818. The van der Waals surface area contributed by atoms with E-state index in [4.69, 9.17) is 0 Å². The lowest BCUT2D eigenvalue weighted by Gasteiger charge is -2.40. The second-order valence-electron chi connectivity index (χ2n) is 2.81. The van der Waals surface area contributed by atoms with Crippen molar-refractivity contribution >= 4 is 8.58 Å². The second kappa shape index (κ2) is 2.35. The van der Waals surface area contributed by atoms with Gasteiger partial charge in [-0.3, -0.25) is 0 Å². The molecule has 0 atom stereocenters. The molecule has 0 aromatic rings. The van der Waals surface area contributed by atoms with Gasteiger partial charge in [-0.2, -0.15) is 0 Å². The predicted octanol–water partition coefficient (Wildman–Crippen LogP) is 2.48. The highest BCUT2D eigenvalue weighted by Gasteiger charge is 2.32. The smallest absolute Gasteiger partial charge is 0.0229 e. The summed E-state index contributed by atoms with van der Waals surface area (Å²) < 4.78 is 0. The fourth-order valence-corrected chi connectivity index (χ4v) is 3.19. The van der Waals surface area contributed by atoms with Crippen LogP contribution in [0.1, 0.15) is 26.7 Å². The molecule has 0 spiro atoms. The molecule has 0 unspecified atom stereocenters. The van der Waals surface area contributed by atoms with E-state index in [0.29, 0.717) is 0 Å². The van der Waals surface area contributed by atoms with E-state index in [2.05, 4.69) is 13.8 Å². The SMILES string of the molecule is CCC1(CC)CPC1. The number of hydrogen-bond acceptors (Lipinski definition) is 0. The van der Waals surface area contributed by atoms with E-state index in [9.17, 15) is 0 Å². The Morgan fingerprint density at radius 1 is 1.25 bits per heavy atom. The van der Waals surface area contributed by atoms with Gasteiger partial charge in [0.2, 0.25) is 0 Å². The van der Waals surface area contributed by atoms with Gasteiger partial charge in [-0.15, -0.1) is 8.58 Å². The summed E-state index contributed by atoms with van der Waals surface area (Å²) in [6.07, 6.45) is 5.88. The molecule has 1 rings (SSSR count). The van der Waals surface area contributed by atoms with Crippen LogP contribution in [-0.2, 0) is 0 Å². The van der Waals surface area contributed by atoms with Crippen molar-refractivity contribution in [2.45, 2.75) is 26.7 Å². The topological polar surface area (TPSA) is 0 Å². The summed E-state index contributed by atoms with van der Waals surface area (Å²) in [6.45, 7) is 4.65. The van der Waals surface area contributed by atoms with Crippen molar-refractivity contribution in [1.82, 2.24) is 0 Å². The van der Waals surface area contributed by atoms with Crippen molar-refractivity contribution in [3.05, 3.63) is 0 Å². The molecule has 0 amide bonds. The van der Waals surface area contributed by atoms with E-state index >= 15 is 0 Å². The summed E-state index contributed by atoms with van der Waals surface area (Å²) in [4.78, 5) is 0. The average Bonchev–Trinajstić information content (AvgIpc) is 1.67. The maximum absolute atomic E-state index is 2.33. The van der Waals surface area contributed by atoms with Crippen LogP contribution in [0.15, 0.2) is 0 Å². The van der Waals surface area contributed by atoms with Crippen molar-refractivity contribution in [3.63, 3.8) is 0 Å². The standard InChI is InChI=1S/C7H15P/c1-3-7(4-2)5-8-6-7/h8H,3-6H2,1-2H3. The highest BCUT2D eigenvalue weighted by Crippen LogP contribution is 2.47. The van der Waals surface area contributed by atoms with Crippen LogP contribution in [0.3, 0.4) is 0 Å². The minimum Gasteiger partial charge on any atom is -0.121 e. The molecule has 1 aliphatic rings. The molecule has 1 fully saturated rings. The number of rotatable bonds is 2. The Kier molecular flexibility index (Phi) is 1.92. The molecule has 0 saturated carbocycles. The molecule has 0 aromatic carbocycles. The zero-order valence-corrected chi connectivity index (χ0v) is 6.83. The van der Waals surface area contributed by atoms with E-state index in [0.717, 1.165) is 5.41 Å². The number of hydrogen-bond donors (Lipinski definition) is 0. The van der Waals surface area contributed by atoms with Gasteiger partial charge in [0, 0.05) is 0 Å². The summed E-state index contributed by atoms with van der Waals surface area (Å²) in [7, 11) is 1.29. The predicted molar refractivity (Wildman–Crippen MR) is 41.1 cm³/mol. The van der Waals surface area contributed by atoms with E-state index < -0.39 is 0 Å². The average molecular weight is 130 g/mol. The van der Waals surface area contributed by atoms with Gasteiger partial charge in [0.05, 0.1) is 0 Å². The largest absolute Gasteiger partial charge is 0.121 e. The molecule has 0 aliphatic carbocycles. The van der Waals surface area contributed by atoms with E-state index in [1.807, 2.05) is 0 Å². The molecule has 0 N–H and O–H groups in total. The first-order chi connectivity index (χ1) is 3.83. The third-order valence-corrected chi connectivity index (χ3v) is 4.50. The van der Waals surface area contributed by atoms with Gasteiger partial charge in [-0.1, -0.05) is 13.8 Å². The first-order valence-corrected chi connectivity index (χ1v) is 4.95. The van der Waals surface area contributed by atoms with Gasteiger partial charge in [0.15, 0.2) is 0 Å². The molecular formula is C7H15P. The zero-order valence-electron chi connectivity index (χ0n) is 5.83. The van der Waals surface area contributed by atoms with Gasteiger partial charge < -0.3 is 0 Å². The summed E-state index contributed by atoms with van der Waals surface area (Å²) in [5, 5.41) is 0. The van der Waals surface area contributed by atoms with Crippen LogP contribution in [0.5, 0.6) is 0 Å².